The van der Waals surface area contributed by atoms with Crippen LogP contribution in [0.5, 0.6) is 0 Å². The Morgan fingerprint density at radius 2 is 1.82 bits per heavy atom. The Balaban J connectivity index is 1.66. The second kappa shape index (κ2) is 9.50. The first-order valence-corrected chi connectivity index (χ1v) is 12.9. The third-order valence-electron chi connectivity index (χ3n) is 6.12. The Morgan fingerprint density at radius 3 is 2.59 bits per heavy atom. The van der Waals surface area contributed by atoms with Crippen molar-refractivity contribution in [3.63, 3.8) is 0 Å². The average molecular weight is 475 g/mol. The van der Waals surface area contributed by atoms with Gasteiger partial charge < -0.3 is 10.1 Å². The molecule has 0 radical (unpaired) electrons. The van der Waals surface area contributed by atoms with Gasteiger partial charge in [-0.1, -0.05) is 48.5 Å². The lowest BCUT2D eigenvalue weighted by Crippen LogP contribution is -2.27. The molecule has 8 heteroatoms. The number of benzene rings is 2. The maximum atomic E-state index is 11.9. The zero-order valence-electron chi connectivity index (χ0n) is 18.6. The van der Waals surface area contributed by atoms with Crippen LogP contribution in [0, 0.1) is 0 Å². The van der Waals surface area contributed by atoms with Crippen molar-refractivity contribution in [2.75, 3.05) is 18.5 Å². The van der Waals surface area contributed by atoms with Crippen LogP contribution >= 0.6 is 0 Å². The average Bonchev–Trinajstić information content (AvgIpc) is 2.87. The van der Waals surface area contributed by atoms with E-state index in [2.05, 4.69) is 28.5 Å². The number of rotatable bonds is 6. The Bertz CT molecular complexity index is 1420. The number of nitrogens with zero attached hydrogens (tertiary/aromatic N) is 2. The van der Waals surface area contributed by atoms with Crippen LogP contribution in [-0.2, 0) is 14.8 Å². The molecule has 3 heterocycles. The number of nitrogens with one attached hydrogen (secondary N) is 1. The molecule has 4 aromatic rings. The fraction of sp³-hybridized carbons (Fsp3) is 0.231. The van der Waals surface area contributed by atoms with Crippen molar-refractivity contribution in [1.82, 2.24) is 9.97 Å². The molecule has 34 heavy (non-hydrogen) atoms. The van der Waals surface area contributed by atoms with Crippen molar-refractivity contribution in [2.45, 2.75) is 30.3 Å². The van der Waals surface area contributed by atoms with Crippen molar-refractivity contribution in [3.8, 4) is 22.3 Å². The summed E-state index contributed by atoms with van der Waals surface area (Å²) in [5.74, 6) is 0.767. The minimum absolute atomic E-state index is 0.0333. The van der Waals surface area contributed by atoms with Crippen molar-refractivity contribution >= 4 is 26.6 Å². The Kier molecular flexibility index (Phi) is 6.28. The second-order valence-corrected chi connectivity index (χ2v) is 10.00. The lowest BCUT2D eigenvalue weighted by atomic mass is 9.94. The highest BCUT2D eigenvalue weighted by Crippen LogP contribution is 2.38. The highest BCUT2D eigenvalue weighted by molar-refractivity contribution is 7.89. The van der Waals surface area contributed by atoms with Gasteiger partial charge in [-0.15, -0.1) is 0 Å². The molecule has 0 amide bonds. The molecule has 0 saturated carbocycles. The Labute approximate surface area is 199 Å². The minimum atomic E-state index is -3.88. The third-order valence-corrected chi connectivity index (χ3v) is 7.00. The predicted octanol–water partition coefficient (Wildman–Crippen LogP) is 4.59. The van der Waals surface area contributed by atoms with E-state index in [0.717, 1.165) is 52.7 Å². The van der Waals surface area contributed by atoms with Crippen molar-refractivity contribution in [1.29, 1.82) is 0 Å². The van der Waals surface area contributed by atoms with E-state index in [1.54, 1.807) is 12.4 Å². The monoisotopic (exact) mass is 474 g/mol. The highest BCUT2D eigenvalue weighted by Gasteiger charge is 2.18. The van der Waals surface area contributed by atoms with Crippen LogP contribution in [0.1, 0.15) is 19.3 Å². The van der Waals surface area contributed by atoms with E-state index in [0.29, 0.717) is 12.1 Å². The lowest BCUT2D eigenvalue weighted by molar-refractivity contribution is 0.0247. The number of hydrogen-bond donors (Lipinski definition) is 2. The first kappa shape index (κ1) is 22.5. The van der Waals surface area contributed by atoms with Gasteiger partial charge in [-0.05, 0) is 41.8 Å². The molecule has 1 aliphatic rings. The van der Waals surface area contributed by atoms with Crippen molar-refractivity contribution < 1.29 is 13.2 Å². The van der Waals surface area contributed by atoms with Crippen LogP contribution in [0.3, 0.4) is 0 Å². The summed E-state index contributed by atoms with van der Waals surface area (Å²) in [5.41, 5.74) is 3.53. The number of aromatic nitrogens is 2. The third kappa shape index (κ3) is 4.65. The normalized spacial score (nSPS) is 16.4. The van der Waals surface area contributed by atoms with Crippen LogP contribution < -0.4 is 10.5 Å². The molecule has 0 spiro atoms. The Morgan fingerprint density at radius 1 is 0.971 bits per heavy atom. The van der Waals surface area contributed by atoms with Gasteiger partial charge in [0.25, 0.3) is 0 Å². The number of primary sulfonamides is 1. The van der Waals surface area contributed by atoms with Gasteiger partial charge in [-0.2, -0.15) is 0 Å². The van der Waals surface area contributed by atoms with Crippen LogP contribution in [0.4, 0.5) is 5.82 Å². The maximum Gasteiger partial charge on any atom is 0.239 e. The van der Waals surface area contributed by atoms with Gasteiger partial charge in [-0.25, -0.2) is 18.5 Å². The first-order valence-electron chi connectivity index (χ1n) is 11.3. The molecule has 1 fully saturated rings. The number of fused-ring (bicyclic) bond motifs is 1. The zero-order chi connectivity index (χ0) is 23.5. The van der Waals surface area contributed by atoms with Gasteiger partial charge in [0.15, 0.2) is 0 Å². The molecule has 0 aliphatic carbocycles. The molecule has 0 bridgehead atoms. The molecule has 174 valence electrons. The number of ether oxygens (including phenoxy) is 1. The van der Waals surface area contributed by atoms with E-state index < -0.39 is 10.0 Å². The van der Waals surface area contributed by atoms with Crippen LogP contribution in [-0.4, -0.2) is 37.6 Å². The van der Waals surface area contributed by atoms with Gasteiger partial charge in [0.2, 0.25) is 10.0 Å². The second-order valence-electron chi connectivity index (χ2n) is 8.44. The fourth-order valence-corrected chi connectivity index (χ4v) is 4.92. The summed E-state index contributed by atoms with van der Waals surface area (Å²) in [4.78, 5) is 8.85. The first-order chi connectivity index (χ1) is 16.5. The van der Waals surface area contributed by atoms with Gasteiger partial charge in [0.1, 0.15) is 10.7 Å². The molecule has 5 rings (SSSR count). The summed E-state index contributed by atoms with van der Waals surface area (Å²) in [6, 6.07) is 17.8. The fourth-order valence-electron chi connectivity index (χ4n) is 4.42. The summed E-state index contributed by atoms with van der Waals surface area (Å²) in [6.07, 6.45) is 8.10. The number of sulfonamides is 1. The lowest BCUT2D eigenvalue weighted by Gasteiger charge is -2.24. The van der Waals surface area contributed by atoms with Crippen molar-refractivity contribution in [2.24, 2.45) is 5.14 Å². The summed E-state index contributed by atoms with van der Waals surface area (Å²) >= 11 is 0. The molecule has 1 saturated heterocycles. The topological polar surface area (TPSA) is 107 Å². The van der Waals surface area contributed by atoms with Gasteiger partial charge in [0.05, 0.1) is 6.10 Å². The summed E-state index contributed by atoms with van der Waals surface area (Å²) in [6.45, 7) is 1.47. The van der Waals surface area contributed by atoms with Crippen LogP contribution in [0.15, 0.2) is 78.1 Å². The smallest absolute Gasteiger partial charge is 0.239 e. The number of nitrogens with two attached hydrogens (primary N) is 1. The number of pyridine rings is 2. The minimum Gasteiger partial charge on any atom is -0.376 e. The molecule has 1 unspecified atom stereocenters. The largest absolute Gasteiger partial charge is 0.376 e. The Hall–Kier alpha value is -3.33. The van der Waals surface area contributed by atoms with Gasteiger partial charge in [-0.3, -0.25) is 4.98 Å². The molecule has 1 atom stereocenters. The summed E-state index contributed by atoms with van der Waals surface area (Å²) in [5, 5.41) is 10.8. The molecule has 7 nitrogen and oxygen atoms in total. The molecule has 2 aromatic carbocycles. The van der Waals surface area contributed by atoms with E-state index in [4.69, 9.17) is 14.9 Å². The standard InChI is InChI=1S/C26H26N4O3S/c27-34(31,32)21-13-19(14-28-16-21)24-17-30-26(29-15-20-9-4-5-12-33-20)25-22(10-6-11-23(24)25)18-7-2-1-3-8-18/h1-3,6-8,10-11,13-14,16-17,20H,4-5,9,12,15H2,(H,29,30)(H2,27,31,32). The quantitative estimate of drug-likeness (QED) is 0.423. The highest BCUT2D eigenvalue weighted by atomic mass is 32.2. The van der Waals surface area contributed by atoms with Gasteiger partial charge in [0, 0.05) is 48.3 Å². The van der Waals surface area contributed by atoms with E-state index in [1.165, 1.54) is 18.7 Å². The van der Waals surface area contributed by atoms with E-state index in [9.17, 15) is 8.42 Å². The molecule has 1 aliphatic heterocycles. The zero-order valence-corrected chi connectivity index (χ0v) is 19.5. The number of anilines is 1. The van der Waals surface area contributed by atoms with Crippen LogP contribution in [0.25, 0.3) is 33.0 Å². The van der Waals surface area contributed by atoms with Crippen molar-refractivity contribution in [3.05, 3.63) is 73.2 Å². The summed E-state index contributed by atoms with van der Waals surface area (Å²) in [7, 11) is -3.88. The molecular weight excluding hydrogens is 448 g/mol. The number of hydrogen-bond acceptors (Lipinski definition) is 6. The maximum absolute atomic E-state index is 11.9. The van der Waals surface area contributed by atoms with Crippen LogP contribution in [0.2, 0.25) is 0 Å². The summed E-state index contributed by atoms with van der Waals surface area (Å²) < 4.78 is 29.7. The predicted molar refractivity (Wildman–Crippen MR) is 134 cm³/mol. The van der Waals surface area contributed by atoms with E-state index >= 15 is 0 Å². The molecular formula is C26H26N4O3S. The van der Waals surface area contributed by atoms with Gasteiger partial charge >= 0.3 is 0 Å². The van der Waals surface area contributed by atoms with E-state index in [1.807, 2.05) is 30.3 Å². The SMILES string of the molecule is NS(=O)(=O)c1cncc(-c2cnc(NCC3CCCCO3)c3c(-c4ccccc4)cccc23)c1. The molecule has 2 aromatic heterocycles. The molecule has 3 N–H and O–H groups in total. The van der Waals surface area contributed by atoms with E-state index in [-0.39, 0.29) is 11.0 Å².